The van der Waals surface area contributed by atoms with Crippen molar-refractivity contribution in [3.8, 4) is 5.75 Å². The van der Waals surface area contributed by atoms with Crippen LogP contribution < -0.4 is 10.1 Å². The van der Waals surface area contributed by atoms with E-state index in [2.05, 4.69) is 65.4 Å². The van der Waals surface area contributed by atoms with Crippen molar-refractivity contribution in [1.82, 2.24) is 5.32 Å². The van der Waals surface area contributed by atoms with E-state index in [-0.39, 0.29) is 0 Å². The summed E-state index contributed by atoms with van der Waals surface area (Å²) in [5.41, 5.74) is 3.94. The van der Waals surface area contributed by atoms with Crippen LogP contribution in [0.25, 0.3) is 0 Å². The number of nitrogens with one attached hydrogen (secondary N) is 1. The summed E-state index contributed by atoms with van der Waals surface area (Å²) in [7, 11) is 0. The molecule has 0 saturated heterocycles. The molecule has 1 aliphatic rings. The predicted octanol–water partition coefficient (Wildman–Crippen LogP) is 4.93. The molecule has 0 saturated carbocycles. The average molecular weight is 346 g/mol. The minimum absolute atomic E-state index is 0.320. The van der Waals surface area contributed by atoms with Gasteiger partial charge in [-0.25, -0.2) is 0 Å². The minimum atomic E-state index is 0.320. The van der Waals surface area contributed by atoms with Crippen molar-refractivity contribution in [3.63, 3.8) is 0 Å². The molecule has 0 fully saturated rings. The minimum Gasteiger partial charge on any atom is -0.493 e. The van der Waals surface area contributed by atoms with Crippen LogP contribution in [0.5, 0.6) is 5.75 Å². The zero-order valence-corrected chi connectivity index (χ0v) is 14.0. The highest BCUT2D eigenvalue weighted by molar-refractivity contribution is 9.10. The normalized spacial score (nSPS) is 18.7. The van der Waals surface area contributed by atoms with Crippen LogP contribution in [0.2, 0.25) is 0 Å². The van der Waals surface area contributed by atoms with Crippen LogP contribution in [0.1, 0.15) is 42.1 Å². The van der Waals surface area contributed by atoms with Crippen LogP contribution in [-0.2, 0) is 0 Å². The first-order chi connectivity index (χ1) is 10.1. The van der Waals surface area contributed by atoms with Crippen molar-refractivity contribution in [3.05, 3.63) is 63.6 Å². The Balaban J connectivity index is 1.83. The maximum absolute atomic E-state index is 5.76. The summed E-state index contributed by atoms with van der Waals surface area (Å²) in [5.74, 6) is 0.999. The summed E-state index contributed by atoms with van der Waals surface area (Å²) in [4.78, 5) is 0. The lowest BCUT2D eigenvalue weighted by Crippen LogP contribution is -2.29. The highest BCUT2D eigenvalue weighted by atomic mass is 79.9. The Labute approximate surface area is 134 Å². The summed E-state index contributed by atoms with van der Waals surface area (Å²) in [6.07, 6.45) is 1.000. The molecule has 0 bridgehead atoms. The Morgan fingerprint density at radius 3 is 2.86 bits per heavy atom. The van der Waals surface area contributed by atoms with E-state index in [4.69, 9.17) is 4.74 Å². The molecule has 0 spiro atoms. The van der Waals surface area contributed by atoms with Gasteiger partial charge >= 0.3 is 0 Å². The summed E-state index contributed by atoms with van der Waals surface area (Å²) >= 11 is 3.56. The lowest BCUT2D eigenvalue weighted by atomic mass is 9.97. The fourth-order valence-electron chi connectivity index (χ4n) is 3.00. The Hall–Kier alpha value is -1.32. The number of aryl methyl sites for hydroxylation is 1. The Morgan fingerprint density at radius 2 is 2.05 bits per heavy atom. The van der Waals surface area contributed by atoms with Gasteiger partial charge in [0.15, 0.2) is 0 Å². The molecule has 110 valence electrons. The van der Waals surface area contributed by atoms with Gasteiger partial charge in [0.2, 0.25) is 0 Å². The van der Waals surface area contributed by atoms with Gasteiger partial charge < -0.3 is 10.1 Å². The van der Waals surface area contributed by atoms with E-state index in [9.17, 15) is 0 Å². The number of fused-ring (bicyclic) bond motifs is 1. The first kappa shape index (κ1) is 14.6. The zero-order chi connectivity index (χ0) is 14.8. The van der Waals surface area contributed by atoms with Gasteiger partial charge in [-0.3, -0.25) is 0 Å². The third kappa shape index (κ3) is 3.14. The van der Waals surface area contributed by atoms with Crippen LogP contribution in [0.4, 0.5) is 0 Å². The fourth-order valence-corrected chi connectivity index (χ4v) is 3.38. The molecular formula is C18H20BrNO. The van der Waals surface area contributed by atoms with Crippen LogP contribution in [-0.4, -0.2) is 6.61 Å². The van der Waals surface area contributed by atoms with E-state index >= 15 is 0 Å². The van der Waals surface area contributed by atoms with Gasteiger partial charge in [0.25, 0.3) is 0 Å². The summed E-state index contributed by atoms with van der Waals surface area (Å²) in [5, 5.41) is 3.76. The number of rotatable bonds is 3. The number of hydrogen-bond acceptors (Lipinski definition) is 2. The van der Waals surface area contributed by atoms with Crippen LogP contribution in [0, 0.1) is 6.92 Å². The quantitative estimate of drug-likeness (QED) is 0.851. The highest BCUT2D eigenvalue weighted by Crippen LogP contribution is 2.35. The second-order valence-electron chi connectivity index (χ2n) is 5.62. The third-order valence-electron chi connectivity index (χ3n) is 4.12. The first-order valence-electron chi connectivity index (χ1n) is 7.39. The number of ether oxygens (including phenoxy) is 1. The van der Waals surface area contributed by atoms with Crippen molar-refractivity contribution >= 4 is 15.9 Å². The molecule has 2 nitrogen and oxygen atoms in total. The number of benzene rings is 2. The van der Waals surface area contributed by atoms with E-state index in [0.717, 1.165) is 23.2 Å². The van der Waals surface area contributed by atoms with Crippen molar-refractivity contribution in [1.29, 1.82) is 0 Å². The average Bonchev–Trinajstić information content (AvgIpc) is 2.48. The van der Waals surface area contributed by atoms with Crippen LogP contribution >= 0.6 is 15.9 Å². The van der Waals surface area contributed by atoms with Gasteiger partial charge in [0.1, 0.15) is 5.75 Å². The fraction of sp³-hybridized carbons (Fsp3) is 0.333. The van der Waals surface area contributed by atoms with Gasteiger partial charge in [-0.1, -0.05) is 40.2 Å². The standard InChI is InChI=1S/C18H20BrNO/c1-12-5-3-4-6-15(12)13(2)20-17-9-10-21-18-8-7-14(19)11-16(17)18/h3-8,11,13,17,20H,9-10H2,1-2H3/t13-,17?/m0/s1. The van der Waals surface area contributed by atoms with Gasteiger partial charge in [-0.15, -0.1) is 0 Å². The maximum Gasteiger partial charge on any atom is 0.124 e. The molecule has 3 heteroatoms. The second-order valence-corrected chi connectivity index (χ2v) is 6.53. The smallest absolute Gasteiger partial charge is 0.124 e. The molecule has 0 aromatic heterocycles. The molecule has 1 unspecified atom stereocenters. The molecule has 3 rings (SSSR count). The predicted molar refractivity (Wildman–Crippen MR) is 89.7 cm³/mol. The van der Waals surface area contributed by atoms with Gasteiger partial charge in [-0.2, -0.15) is 0 Å². The van der Waals surface area contributed by atoms with Crippen LogP contribution in [0.15, 0.2) is 46.9 Å². The largest absolute Gasteiger partial charge is 0.493 e. The topological polar surface area (TPSA) is 21.3 Å². The molecule has 1 heterocycles. The first-order valence-corrected chi connectivity index (χ1v) is 8.18. The Kier molecular flexibility index (Phi) is 4.32. The molecule has 21 heavy (non-hydrogen) atoms. The van der Waals surface area contributed by atoms with Gasteiger partial charge in [-0.05, 0) is 43.2 Å². The van der Waals surface area contributed by atoms with Crippen molar-refractivity contribution in [2.75, 3.05) is 6.61 Å². The highest BCUT2D eigenvalue weighted by Gasteiger charge is 2.23. The van der Waals surface area contributed by atoms with Crippen molar-refractivity contribution in [2.24, 2.45) is 0 Å². The Bertz CT molecular complexity index is 641. The lowest BCUT2D eigenvalue weighted by molar-refractivity contribution is 0.246. The zero-order valence-electron chi connectivity index (χ0n) is 12.4. The second kappa shape index (κ2) is 6.20. The molecule has 1 N–H and O–H groups in total. The van der Waals surface area contributed by atoms with E-state index in [1.54, 1.807) is 0 Å². The summed E-state index contributed by atoms with van der Waals surface area (Å²) in [6, 6.07) is 15.5. The molecule has 0 aliphatic carbocycles. The van der Waals surface area contributed by atoms with Crippen molar-refractivity contribution < 1.29 is 4.74 Å². The molecule has 0 radical (unpaired) electrons. The SMILES string of the molecule is Cc1ccccc1[C@H](C)NC1CCOc2ccc(Br)cc21. The van der Waals surface area contributed by atoms with E-state index in [1.165, 1.54) is 16.7 Å². The van der Waals surface area contributed by atoms with E-state index in [1.807, 2.05) is 12.1 Å². The molecule has 1 aliphatic heterocycles. The molecule has 2 aromatic rings. The van der Waals surface area contributed by atoms with Gasteiger partial charge in [0, 0.05) is 28.5 Å². The summed E-state index contributed by atoms with van der Waals surface area (Å²) in [6.45, 7) is 5.17. The third-order valence-corrected chi connectivity index (χ3v) is 4.61. The number of halogens is 1. The van der Waals surface area contributed by atoms with Crippen molar-refractivity contribution in [2.45, 2.75) is 32.4 Å². The maximum atomic E-state index is 5.76. The molecule has 0 amide bonds. The Morgan fingerprint density at radius 1 is 1.24 bits per heavy atom. The molecule has 2 aromatic carbocycles. The summed E-state index contributed by atoms with van der Waals surface area (Å²) < 4.78 is 6.86. The van der Waals surface area contributed by atoms with E-state index in [0.29, 0.717) is 12.1 Å². The monoisotopic (exact) mass is 345 g/mol. The molecular weight excluding hydrogens is 326 g/mol. The van der Waals surface area contributed by atoms with Gasteiger partial charge in [0.05, 0.1) is 6.61 Å². The molecule has 2 atom stereocenters. The van der Waals surface area contributed by atoms with E-state index < -0.39 is 0 Å². The lowest BCUT2D eigenvalue weighted by Gasteiger charge is -2.30. The van der Waals surface area contributed by atoms with Crippen LogP contribution in [0.3, 0.4) is 0 Å². The number of hydrogen-bond donors (Lipinski definition) is 1.